The van der Waals surface area contributed by atoms with Crippen molar-refractivity contribution >= 4 is 15.9 Å². The van der Waals surface area contributed by atoms with Crippen molar-refractivity contribution in [2.45, 2.75) is 12.2 Å². The normalized spacial score (nSPS) is 12.8. The fraction of sp³-hybridized carbons (Fsp3) is 0.286. The second-order valence-corrected chi connectivity index (χ2v) is 6.74. The van der Waals surface area contributed by atoms with Crippen molar-refractivity contribution in [3.63, 3.8) is 0 Å². The Hall–Kier alpha value is -2.19. The number of sulfonamides is 1. The van der Waals surface area contributed by atoms with Gasteiger partial charge in [-0.1, -0.05) is 30.3 Å². The maximum atomic E-state index is 12.2. The van der Waals surface area contributed by atoms with Crippen LogP contribution in [-0.2, 0) is 14.8 Å². The van der Waals surface area contributed by atoms with Gasteiger partial charge in [0.1, 0.15) is 5.25 Å². The van der Waals surface area contributed by atoms with E-state index < -0.39 is 21.2 Å². The van der Waals surface area contributed by atoms with Crippen LogP contribution in [0.15, 0.2) is 41.1 Å². The number of benzene rings is 1. The van der Waals surface area contributed by atoms with Crippen LogP contribution in [0.4, 0.5) is 0 Å². The summed E-state index contributed by atoms with van der Waals surface area (Å²) in [5.41, 5.74) is 0.548. The van der Waals surface area contributed by atoms with Crippen LogP contribution in [0, 0.1) is 0 Å². The fourth-order valence-corrected chi connectivity index (χ4v) is 2.68. The lowest BCUT2D eigenvalue weighted by Gasteiger charge is -2.12. The molecule has 0 unspecified atom stereocenters. The molecule has 0 aliphatic carbocycles. The van der Waals surface area contributed by atoms with Gasteiger partial charge in [-0.05, 0) is 6.92 Å². The molecule has 0 fully saturated rings. The molecule has 2 aromatic rings. The molecule has 1 aromatic carbocycles. The summed E-state index contributed by atoms with van der Waals surface area (Å²) in [6.07, 6.45) is 1.10. The Morgan fingerprint density at radius 2 is 2.05 bits per heavy atom. The van der Waals surface area contributed by atoms with E-state index in [1.165, 1.54) is 14.0 Å². The van der Waals surface area contributed by atoms with Crippen molar-refractivity contribution in [1.82, 2.24) is 9.71 Å². The number of nitrogens with zero attached hydrogens (tertiary/aromatic N) is 1. The van der Waals surface area contributed by atoms with Gasteiger partial charge in [-0.3, -0.25) is 4.79 Å². The van der Waals surface area contributed by atoms with E-state index in [-0.39, 0.29) is 18.1 Å². The minimum absolute atomic E-state index is 0.0209. The Balaban J connectivity index is 2.24. The SMILES string of the molecule is COC[C@@H](C)S(=O)(=O)NC(=O)c1ncoc1-c1ccccc1. The van der Waals surface area contributed by atoms with E-state index in [1.54, 1.807) is 24.3 Å². The number of aromatic nitrogens is 1. The van der Waals surface area contributed by atoms with E-state index >= 15 is 0 Å². The second kappa shape index (κ2) is 6.71. The third kappa shape index (κ3) is 3.52. The molecule has 22 heavy (non-hydrogen) atoms. The molecule has 0 aliphatic heterocycles. The van der Waals surface area contributed by atoms with Crippen LogP contribution in [0.1, 0.15) is 17.4 Å². The Labute approximate surface area is 128 Å². The summed E-state index contributed by atoms with van der Waals surface area (Å²) < 4.78 is 36.0. The van der Waals surface area contributed by atoms with Crippen LogP contribution in [0.25, 0.3) is 11.3 Å². The molecule has 0 aliphatic rings. The molecule has 0 spiro atoms. The van der Waals surface area contributed by atoms with Crippen molar-refractivity contribution in [3.8, 4) is 11.3 Å². The molecule has 7 nitrogen and oxygen atoms in total. The summed E-state index contributed by atoms with van der Waals surface area (Å²) in [6.45, 7) is 1.42. The Bertz CT molecular complexity index is 740. The predicted octanol–water partition coefficient (Wildman–Crippen LogP) is 1.44. The Morgan fingerprint density at radius 1 is 1.36 bits per heavy atom. The first-order chi connectivity index (χ1) is 10.5. The minimum Gasteiger partial charge on any atom is -0.443 e. The van der Waals surface area contributed by atoms with Gasteiger partial charge in [0, 0.05) is 12.7 Å². The molecule has 1 atom stereocenters. The number of hydrogen-bond donors (Lipinski definition) is 1. The second-order valence-electron chi connectivity index (χ2n) is 4.64. The van der Waals surface area contributed by atoms with Gasteiger partial charge in [-0.15, -0.1) is 0 Å². The number of hydrogen-bond acceptors (Lipinski definition) is 6. The average Bonchev–Trinajstić information content (AvgIpc) is 2.97. The van der Waals surface area contributed by atoms with Crippen molar-refractivity contribution in [2.75, 3.05) is 13.7 Å². The molecule has 1 N–H and O–H groups in total. The van der Waals surface area contributed by atoms with Gasteiger partial charge in [-0.2, -0.15) is 0 Å². The molecule has 118 valence electrons. The zero-order valence-corrected chi connectivity index (χ0v) is 13.0. The highest BCUT2D eigenvalue weighted by molar-refractivity contribution is 7.90. The van der Waals surface area contributed by atoms with Gasteiger partial charge < -0.3 is 9.15 Å². The molecule has 1 amide bonds. The van der Waals surface area contributed by atoms with Crippen molar-refractivity contribution in [2.24, 2.45) is 0 Å². The maximum Gasteiger partial charge on any atom is 0.287 e. The molecule has 0 saturated carbocycles. The fourth-order valence-electron chi connectivity index (χ4n) is 1.80. The zero-order valence-electron chi connectivity index (χ0n) is 12.1. The highest BCUT2D eigenvalue weighted by Gasteiger charge is 2.27. The van der Waals surface area contributed by atoms with E-state index in [0.717, 1.165) is 6.39 Å². The average molecular weight is 324 g/mol. The minimum atomic E-state index is -3.85. The van der Waals surface area contributed by atoms with Crippen LogP contribution >= 0.6 is 0 Å². The quantitative estimate of drug-likeness (QED) is 0.863. The lowest BCUT2D eigenvalue weighted by molar-refractivity contribution is 0.0976. The number of oxazole rings is 1. The van der Waals surface area contributed by atoms with Gasteiger partial charge in [-0.25, -0.2) is 18.1 Å². The van der Waals surface area contributed by atoms with Gasteiger partial charge >= 0.3 is 0 Å². The highest BCUT2D eigenvalue weighted by atomic mass is 32.2. The smallest absolute Gasteiger partial charge is 0.287 e. The van der Waals surface area contributed by atoms with Crippen LogP contribution in [-0.4, -0.2) is 38.3 Å². The number of ether oxygens (including phenoxy) is 1. The molecule has 1 aromatic heterocycles. The highest BCUT2D eigenvalue weighted by Crippen LogP contribution is 2.22. The van der Waals surface area contributed by atoms with E-state index in [9.17, 15) is 13.2 Å². The van der Waals surface area contributed by atoms with Crippen LogP contribution in [0.5, 0.6) is 0 Å². The molecule has 2 rings (SSSR count). The third-order valence-electron chi connectivity index (χ3n) is 2.98. The number of amides is 1. The number of nitrogens with one attached hydrogen (secondary N) is 1. The summed E-state index contributed by atoms with van der Waals surface area (Å²) in [7, 11) is -2.46. The first-order valence-electron chi connectivity index (χ1n) is 6.49. The lowest BCUT2D eigenvalue weighted by Crippen LogP contribution is -2.39. The molecule has 1 heterocycles. The molecule has 8 heteroatoms. The largest absolute Gasteiger partial charge is 0.443 e. The van der Waals surface area contributed by atoms with Crippen LogP contribution < -0.4 is 4.72 Å². The number of rotatable bonds is 6. The summed E-state index contributed by atoms with van der Waals surface area (Å²) in [6, 6.07) is 8.84. The summed E-state index contributed by atoms with van der Waals surface area (Å²) in [5, 5.41) is -0.867. The molecular weight excluding hydrogens is 308 g/mol. The third-order valence-corrected chi connectivity index (χ3v) is 4.65. The van der Waals surface area contributed by atoms with E-state index in [2.05, 4.69) is 4.98 Å². The van der Waals surface area contributed by atoms with Gasteiger partial charge in [0.15, 0.2) is 17.8 Å². The molecule has 0 bridgehead atoms. The number of carbonyl (C=O) groups excluding carboxylic acids is 1. The standard InChI is InChI=1S/C14H16N2O5S/c1-10(8-20-2)22(18,19)16-14(17)12-13(21-9-15-12)11-6-4-3-5-7-11/h3-7,9-10H,8H2,1-2H3,(H,16,17)/t10-/m1/s1. The molecule has 0 radical (unpaired) electrons. The monoisotopic (exact) mass is 324 g/mol. The van der Waals surface area contributed by atoms with Crippen molar-refractivity contribution in [1.29, 1.82) is 0 Å². The lowest BCUT2D eigenvalue weighted by atomic mass is 10.1. The van der Waals surface area contributed by atoms with Crippen molar-refractivity contribution < 1.29 is 22.4 Å². The van der Waals surface area contributed by atoms with Crippen LogP contribution in [0.2, 0.25) is 0 Å². The first kappa shape index (κ1) is 16.2. The molecule has 0 saturated heterocycles. The predicted molar refractivity (Wildman–Crippen MR) is 79.7 cm³/mol. The number of carbonyl (C=O) groups is 1. The topological polar surface area (TPSA) is 98.5 Å². The summed E-state index contributed by atoms with van der Waals surface area (Å²) in [4.78, 5) is 16.0. The maximum absolute atomic E-state index is 12.2. The summed E-state index contributed by atoms with van der Waals surface area (Å²) >= 11 is 0. The van der Waals surface area contributed by atoms with Gasteiger partial charge in [0.2, 0.25) is 10.0 Å². The van der Waals surface area contributed by atoms with Crippen molar-refractivity contribution in [3.05, 3.63) is 42.4 Å². The Morgan fingerprint density at radius 3 is 2.68 bits per heavy atom. The molecular formula is C14H16N2O5S. The Kier molecular flexibility index (Phi) is 4.94. The van der Waals surface area contributed by atoms with Gasteiger partial charge in [0.05, 0.1) is 6.61 Å². The van der Waals surface area contributed by atoms with Crippen LogP contribution in [0.3, 0.4) is 0 Å². The number of methoxy groups -OCH3 is 1. The zero-order chi connectivity index (χ0) is 16.2. The van der Waals surface area contributed by atoms with E-state index in [1.807, 2.05) is 10.8 Å². The first-order valence-corrected chi connectivity index (χ1v) is 8.04. The van der Waals surface area contributed by atoms with Gasteiger partial charge in [0.25, 0.3) is 5.91 Å². The summed E-state index contributed by atoms with van der Waals surface area (Å²) in [5.74, 6) is -0.622. The van der Waals surface area contributed by atoms with E-state index in [0.29, 0.717) is 5.56 Å². The van der Waals surface area contributed by atoms with E-state index in [4.69, 9.17) is 9.15 Å².